The summed E-state index contributed by atoms with van der Waals surface area (Å²) in [5, 5.41) is 9.36. The van der Waals surface area contributed by atoms with Crippen molar-refractivity contribution >= 4 is 5.78 Å². The Morgan fingerprint density at radius 2 is 1.90 bits per heavy atom. The van der Waals surface area contributed by atoms with Gasteiger partial charge in [-0.15, -0.1) is 0 Å². The molecule has 2 fully saturated rings. The minimum atomic E-state index is 0.271. The van der Waals surface area contributed by atoms with Gasteiger partial charge < -0.3 is 5.11 Å². The molecule has 0 bridgehead atoms. The first-order valence-electron chi connectivity index (χ1n) is 7.79. The highest BCUT2D eigenvalue weighted by atomic mass is 16.3. The smallest absolute Gasteiger partial charge is 0.137 e. The second-order valence-electron chi connectivity index (χ2n) is 6.17. The summed E-state index contributed by atoms with van der Waals surface area (Å²) in [6.07, 6.45) is 6.58. The predicted octanol–water partition coefficient (Wildman–Crippen LogP) is 3.12. The van der Waals surface area contributed by atoms with Gasteiger partial charge in [0.25, 0.3) is 0 Å². The number of carbonyl (C=O) groups is 1. The Morgan fingerprint density at radius 1 is 1.10 bits per heavy atom. The highest BCUT2D eigenvalue weighted by Gasteiger charge is 2.36. The van der Waals surface area contributed by atoms with E-state index in [0.29, 0.717) is 17.6 Å². The molecule has 1 saturated carbocycles. The molecule has 1 N–H and O–H groups in total. The number of phenols is 1. The molecule has 1 aromatic carbocycles. The fourth-order valence-corrected chi connectivity index (χ4v) is 3.75. The van der Waals surface area contributed by atoms with E-state index in [4.69, 9.17) is 0 Å². The number of carbonyl (C=O) groups excluding carboxylic acids is 1. The first-order valence-corrected chi connectivity index (χ1v) is 7.79. The summed E-state index contributed by atoms with van der Waals surface area (Å²) in [4.78, 5) is 14.5. The lowest BCUT2D eigenvalue weighted by atomic mass is 9.88. The molecule has 20 heavy (non-hydrogen) atoms. The van der Waals surface area contributed by atoms with Crippen LogP contribution >= 0.6 is 0 Å². The van der Waals surface area contributed by atoms with Gasteiger partial charge in [-0.05, 0) is 49.9 Å². The number of phenolic OH excluding ortho intramolecular Hbond substituents is 1. The van der Waals surface area contributed by atoms with E-state index in [2.05, 4.69) is 4.90 Å². The molecule has 1 aliphatic carbocycles. The number of aromatic hydroxyl groups is 1. The van der Waals surface area contributed by atoms with Crippen molar-refractivity contribution in [3.63, 3.8) is 0 Å². The van der Waals surface area contributed by atoms with Crippen LogP contribution in [0.5, 0.6) is 5.75 Å². The number of likely N-dealkylation sites (tertiary alicyclic amines) is 1. The molecule has 1 saturated heterocycles. The van der Waals surface area contributed by atoms with Crippen LogP contribution in [-0.2, 0) is 11.3 Å². The molecule has 1 aromatic rings. The van der Waals surface area contributed by atoms with Gasteiger partial charge in [-0.2, -0.15) is 0 Å². The molecule has 2 atom stereocenters. The van der Waals surface area contributed by atoms with E-state index >= 15 is 0 Å². The molecular formula is C17H23NO2. The molecule has 3 heteroatoms. The van der Waals surface area contributed by atoms with Crippen LogP contribution in [0.25, 0.3) is 0 Å². The average Bonchev–Trinajstić information content (AvgIpc) is 2.88. The number of rotatable bonds is 3. The standard InChI is InChI=1S/C17H23NO2/c19-14-9-7-13(8-10-14)12-18-11-2-1-5-16(18)15-4-3-6-17(15)20/h7-10,15-16,19H,1-6,11-12H2. The lowest BCUT2D eigenvalue weighted by Crippen LogP contribution is -2.44. The zero-order chi connectivity index (χ0) is 13.9. The largest absolute Gasteiger partial charge is 0.508 e. The SMILES string of the molecule is O=C1CCCC1C1CCCCN1Cc1ccc(O)cc1. The van der Waals surface area contributed by atoms with Crippen molar-refractivity contribution < 1.29 is 9.90 Å². The third-order valence-electron chi connectivity index (χ3n) is 4.80. The zero-order valence-corrected chi connectivity index (χ0v) is 11.9. The molecule has 1 heterocycles. The van der Waals surface area contributed by atoms with Gasteiger partial charge in [0.2, 0.25) is 0 Å². The molecule has 3 rings (SSSR count). The summed E-state index contributed by atoms with van der Waals surface area (Å²) in [5.74, 6) is 1.06. The van der Waals surface area contributed by atoms with Gasteiger partial charge in [0, 0.05) is 24.9 Å². The van der Waals surface area contributed by atoms with Crippen LogP contribution in [0.2, 0.25) is 0 Å². The van der Waals surface area contributed by atoms with Crippen LogP contribution in [0.1, 0.15) is 44.1 Å². The Labute approximate surface area is 120 Å². The van der Waals surface area contributed by atoms with Gasteiger partial charge in [-0.3, -0.25) is 9.69 Å². The highest BCUT2D eigenvalue weighted by molar-refractivity contribution is 5.83. The third-order valence-corrected chi connectivity index (χ3v) is 4.80. The molecular weight excluding hydrogens is 250 g/mol. The van der Waals surface area contributed by atoms with Crippen LogP contribution in [0.4, 0.5) is 0 Å². The van der Waals surface area contributed by atoms with E-state index in [9.17, 15) is 9.90 Å². The van der Waals surface area contributed by atoms with Gasteiger partial charge >= 0.3 is 0 Å². The number of Topliss-reactive ketones (excluding diaryl/α,β-unsaturated/α-hetero) is 1. The number of hydrogen-bond donors (Lipinski definition) is 1. The maximum Gasteiger partial charge on any atom is 0.137 e. The van der Waals surface area contributed by atoms with E-state index in [0.717, 1.165) is 38.8 Å². The average molecular weight is 273 g/mol. The monoisotopic (exact) mass is 273 g/mol. The fourth-order valence-electron chi connectivity index (χ4n) is 3.75. The first kappa shape index (κ1) is 13.6. The van der Waals surface area contributed by atoms with Gasteiger partial charge in [-0.25, -0.2) is 0 Å². The Morgan fingerprint density at radius 3 is 2.60 bits per heavy atom. The number of benzene rings is 1. The second kappa shape index (κ2) is 5.96. The van der Waals surface area contributed by atoms with Crippen molar-refractivity contribution in [1.29, 1.82) is 0 Å². The normalized spacial score (nSPS) is 27.9. The maximum absolute atomic E-state index is 12.1. The molecule has 2 unspecified atom stereocenters. The topological polar surface area (TPSA) is 40.5 Å². The van der Waals surface area contributed by atoms with E-state index < -0.39 is 0 Å². The minimum absolute atomic E-state index is 0.271. The van der Waals surface area contributed by atoms with Crippen molar-refractivity contribution in [2.24, 2.45) is 5.92 Å². The number of hydrogen-bond acceptors (Lipinski definition) is 3. The molecule has 0 radical (unpaired) electrons. The molecule has 108 valence electrons. The molecule has 0 aromatic heterocycles. The number of piperidine rings is 1. The lowest BCUT2D eigenvalue weighted by Gasteiger charge is -2.38. The summed E-state index contributed by atoms with van der Waals surface area (Å²) >= 11 is 0. The Hall–Kier alpha value is -1.35. The lowest BCUT2D eigenvalue weighted by molar-refractivity contribution is -0.123. The summed E-state index contributed by atoms with van der Waals surface area (Å²) in [5.41, 5.74) is 1.22. The van der Waals surface area contributed by atoms with E-state index in [-0.39, 0.29) is 5.92 Å². The first-order chi connectivity index (χ1) is 9.74. The van der Waals surface area contributed by atoms with Crippen LogP contribution in [-0.4, -0.2) is 28.4 Å². The maximum atomic E-state index is 12.1. The van der Waals surface area contributed by atoms with Crippen molar-refractivity contribution in [3.8, 4) is 5.75 Å². The molecule has 0 spiro atoms. The molecule has 1 aliphatic heterocycles. The Balaban J connectivity index is 1.71. The zero-order valence-electron chi connectivity index (χ0n) is 11.9. The second-order valence-corrected chi connectivity index (χ2v) is 6.17. The summed E-state index contributed by atoms with van der Waals surface area (Å²) < 4.78 is 0. The summed E-state index contributed by atoms with van der Waals surface area (Å²) in [7, 11) is 0. The van der Waals surface area contributed by atoms with Crippen molar-refractivity contribution in [2.75, 3.05) is 6.54 Å². The van der Waals surface area contributed by atoms with Crippen molar-refractivity contribution in [1.82, 2.24) is 4.90 Å². The summed E-state index contributed by atoms with van der Waals surface area (Å²) in [6.45, 7) is 1.99. The van der Waals surface area contributed by atoms with E-state index in [1.54, 1.807) is 12.1 Å². The van der Waals surface area contributed by atoms with Crippen LogP contribution in [0, 0.1) is 5.92 Å². The predicted molar refractivity (Wildman–Crippen MR) is 78.5 cm³/mol. The third kappa shape index (κ3) is 2.88. The summed E-state index contributed by atoms with van der Waals surface area (Å²) in [6, 6.07) is 7.89. The quantitative estimate of drug-likeness (QED) is 0.920. The van der Waals surface area contributed by atoms with Crippen LogP contribution < -0.4 is 0 Å². The van der Waals surface area contributed by atoms with Gasteiger partial charge in [0.15, 0.2) is 0 Å². The van der Waals surface area contributed by atoms with Crippen molar-refractivity contribution in [2.45, 2.75) is 51.1 Å². The van der Waals surface area contributed by atoms with Gasteiger partial charge in [-0.1, -0.05) is 18.6 Å². The minimum Gasteiger partial charge on any atom is -0.508 e. The van der Waals surface area contributed by atoms with Crippen LogP contribution in [0.3, 0.4) is 0 Å². The highest BCUT2D eigenvalue weighted by Crippen LogP contribution is 2.33. The van der Waals surface area contributed by atoms with Gasteiger partial charge in [0.1, 0.15) is 11.5 Å². The Kier molecular flexibility index (Phi) is 4.06. The van der Waals surface area contributed by atoms with Gasteiger partial charge in [0.05, 0.1) is 0 Å². The van der Waals surface area contributed by atoms with E-state index in [1.807, 2.05) is 12.1 Å². The molecule has 0 amide bonds. The molecule has 3 nitrogen and oxygen atoms in total. The van der Waals surface area contributed by atoms with Crippen molar-refractivity contribution in [3.05, 3.63) is 29.8 Å². The van der Waals surface area contributed by atoms with E-state index in [1.165, 1.54) is 18.4 Å². The number of nitrogens with zero attached hydrogens (tertiary/aromatic N) is 1. The Bertz CT molecular complexity index is 468. The molecule has 2 aliphatic rings. The van der Waals surface area contributed by atoms with Crippen LogP contribution in [0.15, 0.2) is 24.3 Å². The fraction of sp³-hybridized carbons (Fsp3) is 0.588. The number of ketones is 1.